The molecular formula is C24H31N3O5. The van der Waals surface area contributed by atoms with E-state index in [-0.39, 0.29) is 18.7 Å². The minimum atomic E-state index is -0.0941. The third-order valence-corrected chi connectivity index (χ3v) is 5.96. The molecule has 2 heterocycles. The van der Waals surface area contributed by atoms with Crippen molar-refractivity contribution in [1.29, 1.82) is 0 Å². The molecule has 0 saturated carbocycles. The van der Waals surface area contributed by atoms with Crippen molar-refractivity contribution in [2.24, 2.45) is 0 Å². The number of carbonyl (C=O) groups excluding carboxylic acids is 1. The second kappa shape index (κ2) is 10.1. The summed E-state index contributed by atoms with van der Waals surface area (Å²) in [6.07, 6.45) is 0. The van der Waals surface area contributed by atoms with Gasteiger partial charge in [-0.1, -0.05) is 12.1 Å². The maximum absolute atomic E-state index is 12.6. The molecule has 1 atom stereocenters. The molecule has 172 valence electrons. The number of hydrogen-bond acceptors (Lipinski definition) is 7. The Labute approximate surface area is 189 Å². The minimum absolute atomic E-state index is 0.0310. The number of methoxy groups -OCH3 is 2. The summed E-state index contributed by atoms with van der Waals surface area (Å²) < 4.78 is 21.5. The van der Waals surface area contributed by atoms with Gasteiger partial charge in [0.1, 0.15) is 0 Å². The smallest absolute Gasteiger partial charge is 0.234 e. The molecule has 0 aromatic heterocycles. The third kappa shape index (κ3) is 5.26. The predicted octanol–water partition coefficient (Wildman–Crippen LogP) is 2.43. The van der Waals surface area contributed by atoms with Crippen molar-refractivity contribution < 1.29 is 23.7 Å². The number of nitrogens with zero attached hydrogens (tertiary/aromatic N) is 2. The molecule has 2 aliphatic rings. The quantitative estimate of drug-likeness (QED) is 0.675. The van der Waals surface area contributed by atoms with Gasteiger partial charge in [-0.2, -0.15) is 0 Å². The van der Waals surface area contributed by atoms with Crippen molar-refractivity contribution >= 4 is 5.91 Å². The summed E-state index contributed by atoms with van der Waals surface area (Å²) in [6.45, 7) is 7.03. The molecule has 2 aliphatic heterocycles. The summed E-state index contributed by atoms with van der Waals surface area (Å²) in [6, 6.07) is 11.7. The van der Waals surface area contributed by atoms with Crippen LogP contribution in [0, 0.1) is 0 Å². The van der Waals surface area contributed by atoms with Gasteiger partial charge < -0.3 is 24.3 Å². The van der Waals surface area contributed by atoms with Gasteiger partial charge in [0.2, 0.25) is 12.7 Å². The Morgan fingerprint density at radius 3 is 2.44 bits per heavy atom. The van der Waals surface area contributed by atoms with Crippen molar-refractivity contribution in [1.82, 2.24) is 15.1 Å². The van der Waals surface area contributed by atoms with E-state index >= 15 is 0 Å². The molecule has 0 unspecified atom stereocenters. The van der Waals surface area contributed by atoms with Gasteiger partial charge in [-0.3, -0.25) is 14.6 Å². The van der Waals surface area contributed by atoms with Gasteiger partial charge in [0, 0.05) is 32.7 Å². The van der Waals surface area contributed by atoms with Crippen LogP contribution in [-0.4, -0.2) is 69.4 Å². The summed E-state index contributed by atoms with van der Waals surface area (Å²) >= 11 is 0. The highest BCUT2D eigenvalue weighted by Gasteiger charge is 2.21. The lowest BCUT2D eigenvalue weighted by molar-refractivity contribution is -0.123. The average Bonchev–Trinajstić information content (AvgIpc) is 3.28. The van der Waals surface area contributed by atoms with E-state index in [0.29, 0.717) is 6.54 Å². The largest absolute Gasteiger partial charge is 0.493 e. The zero-order chi connectivity index (χ0) is 22.5. The lowest BCUT2D eigenvalue weighted by Gasteiger charge is -2.34. The number of nitrogens with one attached hydrogen (secondary N) is 1. The van der Waals surface area contributed by atoms with Crippen LogP contribution < -0.4 is 24.3 Å². The fraction of sp³-hybridized carbons (Fsp3) is 0.458. The molecule has 1 N–H and O–H groups in total. The SMILES string of the molecule is COc1ccc(CN2CCN(CC(=O)N[C@@H](C)c3ccc4c(c3)OCO4)CC2)cc1OC. The van der Waals surface area contributed by atoms with Crippen molar-refractivity contribution in [3.05, 3.63) is 47.5 Å². The normalized spacial score (nSPS) is 17.1. The number of fused-ring (bicyclic) bond motifs is 1. The molecule has 0 radical (unpaired) electrons. The van der Waals surface area contributed by atoms with Gasteiger partial charge in [-0.25, -0.2) is 0 Å². The molecule has 4 rings (SSSR count). The van der Waals surface area contributed by atoms with Crippen molar-refractivity contribution in [3.63, 3.8) is 0 Å². The number of amides is 1. The van der Waals surface area contributed by atoms with Crippen molar-refractivity contribution in [3.8, 4) is 23.0 Å². The highest BCUT2D eigenvalue weighted by atomic mass is 16.7. The number of piperazine rings is 1. The van der Waals surface area contributed by atoms with Crippen LogP contribution in [0.3, 0.4) is 0 Å². The summed E-state index contributed by atoms with van der Waals surface area (Å²) in [5.74, 6) is 3.00. The fourth-order valence-electron chi connectivity index (χ4n) is 4.10. The first kappa shape index (κ1) is 22.2. The van der Waals surface area contributed by atoms with Gasteiger partial charge in [0.25, 0.3) is 0 Å². The summed E-state index contributed by atoms with van der Waals surface area (Å²) in [5, 5.41) is 3.09. The van der Waals surface area contributed by atoms with Crippen LogP contribution in [0.25, 0.3) is 0 Å². The molecule has 1 saturated heterocycles. The van der Waals surface area contributed by atoms with Gasteiger partial charge in [0.05, 0.1) is 26.8 Å². The van der Waals surface area contributed by atoms with Gasteiger partial charge in [0.15, 0.2) is 23.0 Å². The average molecular weight is 442 g/mol. The first-order valence-electron chi connectivity index (χ1n) is 10.9. The number of benzene rings is 2. The van der Waals surface area contributed by atoms with E-state index in [1.54, 1.807) is 14.2 Å². The lowest BCUT2D eigenvalue weighted by Crippen LogP contribution is -2.49. The highest BCUT2D eigenvalue weighted by Crippen LogP contribution is 2.34. The van der Waals surface area contributed by atoms with E-state index < -0.39 is 0 Å². The molecular weight excluding hydrogens is 410 g/mol. The molecule has 8 nitrogen and oxygen atoms in total. The second-order valence-corrected chi connectivity index (χ2v) is 8.14. The zero-order valence-electron chi connectivity index (χ0n) is 18.9. The Morgan fingerprint density at radius 2 is 1.69 bits per heavy atom. The standard InChI is InChI=1S/C24H31N3O5/c1-17(19-5-7-21-23(13-19)32-16-31-21)25-24(28)15-27-10-8-26(9-11-27)14-18-4-6-20(29-2)22(12-18)30-3/h4-7,12-13,17H,8-11,14-16H2,1-3H3,(H,25,28)/t17-/m0/s1. The zero-order valence-corrected chi connectivity index (χ0v) is 18.9. The first-order valence-corrected chi connectivity index (χ1v) is 10.9. The Hall–Kier alpha value is -2.97. The number of carbonyl (C=O) groups is 1. The molecule has 2 aromatic carbocycles. The van der Waals surface area contributed by atoms with Crippen LogP contribution in [0.2, 0.25) is 0 Å². The van der Waals surface area contributed by atoms with Crippen LogP contribution in [0.5, 0.6) is 23.0 Å². The van der Waals surface area contributed by atoms with Gasteiger partial charge in [-0.05, 0) is 42.3 Å². The molecule has 0 bridgehead atoms. The molecule has 2 aromatic rings. The van der Waals surface area contributed by atoms with Crippen LogP contribution in [-0.2, 0) is 11.3 Å². The van der Waals surface area contributed by atoms with Crippen LogP contribution >= 0.6 is 0 Å². The van der Waals surface area contributed by atoms with E-state index in [2.05, 4.69) is 21.2 Å². The Bertz CT molecular complexity index is 943. The second-order valence-electron chi connectivity index (χ2n) is 8.14. The number of hydrogen-bond donors (Lipinski definition) is 1. The van der Waals surface area contributed by atoms with Crippen LogP contribution in [0.1, 0.15) is 24.1 Å². The summed E-state index contributed by atoms with van der Waals surface area (Å²) in [4.78, 5) is 17.2. The number of rotatable bonds is 8. The highest BCUT2D eigenvalue weighted by molar-refractivity contribution is 5.78. The van der Waals surface area contributed by atoms with Gasteiger partial charge >= 0.3 is 0 Å². The minimum Gasteiger partial charge on any atom is -0.493 e. The number of ether oxygens (including phenoxy) is 4. The van der Waals surface area contributed by atoms with Crippen LogP contribution in [0.15, 0.2) is 36.4 Å². The maximum Gasteiger partial charge on any atom is 0.234 e. The topological polar surface area (TPSA) is 72.5 Å². The third-order valence-electron chi connectivity index (χ3n) is 5.96. The summed E-state index contributed by atoms with van der Waals surface area (Å²) in [7, 11) is 3.29. The van der Waals surface area contributed by atoms with Gasteiger partial charge in [-0.15, -0.1) is 0 Å². The molecule has 32 heavy (non-hydrogen) atoms. The van der Waals surface area contributed by atoms with Crippen LogP contribution in [0.4, 0.5) is 0 Å². The fourth-order valence-corrected chi connectivity index (χ4v) is 4.10. The van der Waals surface area contributed by atoms with E-state index in [1.807, 2.05) is 37.3 Å². The Kier molecular flexibility index (Phi) is 7.02. The molecule has 0 spiro atoms. The molecule has 1 fully saturated rings. The summed E-state index contributed by atoms with van der Waals surface area (Å²) in [5.41, 5.74) is 2.19. The first-order chi connectivity index (χ1) is 15.6. The van der Waals surface area contributed by atoms with Crippen molar-refractivity contribution in [2.75, 3.05) is 53.7 Å². The maximum atomic E-state index is 12.6. The van der Waals surface area contributed by atoms with Crippen molar-refractivity contribution in [2.45, 2.75) is 19.5 Å². The molecule has 8 heteroatoms. The Balaban J connectivity index is 1.23. The van der Waals surface area contributed by atoms with E-state index in [9.17, 15) is 4.79 Å². The molecule has 0 aliphatic carbocycles. The Morgan fingerprint density at radius 1 is 0.969 bits per heavy atom. The van der Waals surface area contributed by atoms with E-state index in [0.717, 1.165) is 61.3 Å². The molecule has 1 amide bonds. The van der Waals surface area contributed by atoms with E-state index in [1.165, 1.54) is 5.56 Å². The predicted molar refractivity (Wildman–Crippen MR) is 120 cm³/mol. The lowest BCUT2D eigenvalue weighted by atomic mass is 10.1. The van der Waals surface area contributed by atoms with E-state index in [4.69, 9.17) is 18.9 Å². The monoisotopic (exact) mass is 441 g/mol.